The molecule has 0 saturated heterocycles. The van der Waals surface area contributed by atoms with Crippen LogP contribution in [0.15, 0.2) is 12.4 Å². The smallest absolute Gasteiger partial charge is 0.360 e. The fourth-order valence-corrected chi connectivity index (χ4v) is 2.04. The van der Waals surface area contributed by atoms with Crippen LogP contribution in [0, 0.1) is 0 Å². The van der Waals surface area contributed by atoms with E-state index in [2.05, 4.69) is 15.0 Å². The van der Waals surface area contributed by atoms with Crippen LogP contribution in [-0.2, 0) is 24.1 Å². The summed E-state index contributed by atoms with van der Waals surface area (Å²) < 4.78 is 6.80. The molecule has 0 amide bonds. The van der Waals surface area contributed by atoms with Gasteiger partial charge in [0.25, 0.3) is 0 Å². The van der Waals surface area contributed by atoms with Crippen LogP contribution in [0.5, 0.6) is 0 Å². The fourth-order valence-electron chi connectivity index (χ4n) is 2.04. The summed E-state index contributed by atoms with van der Waals surface area (Å²) in [7, 11) is 0. The molecule has 0 aliphatic carbocycles. The average Bonchev–Trinajstić information content (AvgIpc) is 3.04. The number of aryl methyl sites for hydroxylation is 2. The van der Waals surface area contributed by atoms with Crippen LogP contribution in [0.4, 0.5) is 5.82 Å². The Morgan fingerprint density at radius 1 is 1.50 bits per heavy atom. The van der Waals surface area contributed by atoms with Crippen molar-refractivity contribution in [1.29, 1.82) is 0 Å². The standard InChI is InChI=1S/C13H19N5O2/c1-3-10-17-11(13(19)20-4-2)12(14)18(10)8-5-9-15-6-7-16-9/h6-7H,3-5,8,14H2,1-2H3,(H,15,16). The SMILES string of the molecule is CCOC(=O)c1nc(CC)n(CCc2ncc[nH]2)c1N. The Balaban J connectivity index is 2.20. The van der Waals surface area contributed by atoms with Gasteiger partial charge in [-0.25, -0.2) is 14.8 Å². The number of esters is 1. The van der Waals surface area contributed by atoms with Crippen molar-refractivity contribution >= 4 is 11.8 Å². The second kappa shape index (κ2) is 6.23. The number of nitrogens with zero attached hydrogens (tertiary/aromatic N) is 3. The zero-order valence-electron chi connectivity index (χ0n) is 11.7. The zero-order chi connectivity index (χ0) is 14.5. The number of anilines is 1. The van der Waals surface area contributed by atoms with E-state index in [1.807, 2.05) is 11.5 Å². The number of nitrogens with two attached hydrogens (primary N) is 1. The molecule has 2 rings (SSSR count). The minimum absolute atomic E-state index is 0.197. The van der Waals surface area contributed by atoms with E-state index in [0.29, 0.717) is 31.8 Å². The lowest BCUT2D eigenvalue weighted by molar-refractivity contribution is 0.0521. The van der Waals surface area contributed by atoms with Crippen molar-refractivity contribution in [3.8, 4) is 0 Å². The molecule has 2 heterocycles. The van der Waals surface area contributed by atoms with Crippen LogP contribution in [0.2, 0.25) is 0 Å². The maximum Gasteiger partial charge on any atom is 0.360 e. The third-order valence-electron chi connectivity index (χ3n) is 3.00. The molecule has 3 N–H and O–H groups in total. The second-order valence-corrected chi connectivity index (χ2v) is 4.27. The van der Waals surface area contributed by atoms with E-state index in [1.165, 1.54) is 0 Å². The fraction of sp³-hybridized carbons (Fsp3) is 0.462. The van der Waals surface area contributed by atoms with E-state index in [-0.39, 0.29) is 5.69 Å². The molecule has 108 valence electrons. The average molecular weight is 277 g/mol. The van der Waals surface area contributed by atoms with Crippen LogP contribution in [-0.4, -0.2) is 32.1 Å². The van der Waals surface area contributed by atoms with Gasteiger partial charge in [0.05, 0.1) is 6.61 Å². The summed E-state index contributed by atoms with van der Waals surface area (Å²) in [6.07, 6.45) is 4.87. The molecule has 0 aliphatic heterocycles. The number of nitrogen functional groups attached to an aromatic ring is 1. The van der Waals surface area contributed by atoms with Gasteiger partial charge >= 0.3 is 5.97 Å². The highest BCUT2D eigenvalue weighted by molar-refractivity contribution is 5.92. The molecule has 2 aromatic rings. The van der Waals surface area contributed by atoms with Gasteiger partial charge < -0.3 is 20.0 Å². The number of imidazole rings is 2. The number of aromatic nitrogens is 4. The summed E-state index contributed by atoms with van der Waals surface area (Å²) in [6, 6.07) is 0. The summed E-state index contributed by atoms with van der Waals surface area (Å²) in [5, 5.41) is 0. The van der Waals surface area contributed by atoms with E-state index in [4.69, 9.17) is 10.5 Å². The van der Waals surface area contributed by atoms with Crippen molar-refractivity contribution in [2.24, 2.45) is 0 Å². The maximum absolute atomic E-state index is 11.8. The van der Waals surface area contributed by atoms with Crippen LogP contribution in [0.25, 0.3) is 0 Å². The van der Waals surface area contributed by atoms with Crippen molar-refractivity contribution < 1.29 is 9.53 Å². The largest absolute Gasteiger partial charge is 0.461 e. The summed E-state index contributed by atoms with van der Waals surface area (Å²) in [6.45, 7) is 4.65. The molecule has 0 atom stereocenters. The molecule has 0 bridgehead atoms. The van der Waals surface area contributed by atoms with E-state index >= 15 is 0 Å². The van der Waals surface area contributed by atoms with Gasteiger partial charge in [-0.1, -0.05) is 6.92 Å². The van der Waals surface area contributed by atoms with Gasteiger partial charge in [-0.05, 0) is 6.92 Å². The van der Waals surface area contributed by atoms with E-state index < -0.39 is 5.97 Å². The highest BCUT2D eigenvalue weighted by Crippen LogP contribution is 2.17. The summed E-state index contributed by atoms with van der Waals surface area (Å²) >= 11 is 0. The Labute approximate surface area is 117 Å². The summed E-state index contributed by atoms with van der Waals surface area (Å²) in [4.78, 5) is 23.3. The first kappa shape index (κ1) is 14.1. The third-order valence-corrected chi connectivity index (χ3v) is 3.00. The molecule has 0 radical (unpaired) electrons. The highest BCUT2D eigenvalue weighted by atomic mass is 16.5. The van der Waals surface area contributed by atoms with Gasteiger partial charge in [-0.2, -0.15) is 0 Å². The van der Waals surface area contributed by atoms with E-state index in [1.54, 1.807) is 19.3 Å². The van der Waals surface area contributed by atoms with Gasteiger partial charge in [0.1, 0.15) is 17.5 Å². The van der Waals surface area contributed by atoms with Gasteiger partial charge in [-0.15, -0.1) is 0 Å². The molecular weight excluding hydrogens is 258 g/mol. The predicted octanol–water partition coefficient (Wildman–Crippen LogP) is 1.17. The molecule has 7 nitrogen and oxygen atoms in total. The molecule has 2 aromatic heterocycles. The molecule has 0 aliphatic rings. The maximum atomic E-state index is 11.8. The zero-order valence-corrected chi connectivity index (χ0v) is 11.7. The number of ether oxygens (including phenoxy) is 1. The molecular formula is C13H19N5O2. The van der Waals surface area contributed by atoms with Crippen molar-refractivity contribution in [3.63, 3.8) is 0 Å². The Morgan fingerprint density at radius 2 is 2.30 bits per heavy atom. The quantitative estimate of drug-likeness (QED) is 0.772. The molecule has 0 saturated carbocycles. The number of aromatic amines is 1. The number of hydrogen-bond acceptors (Lipinski definition) is 5. The Bertz CT molecular complexity index is 574. The second-order valence-electron chi connectivity index (χ2n) is 4.27. The minimum Gasteiger partial charge on any atom is -0.461 e. The number of hydrogen-bond donors (Lipinski definition) is 2. The number of H-pyrrole nitrogens is 1. The minimum atomic E-state index is -0.476. The Hall–Kier alpha value is -2.31. The van der Waals surface area contributed by atoms with Crippen LogP contribution in [0.1, 0.15) is 36.0 Å². The third kappa shape index (κ3) is 2.81. The number of rotatable bonds is 6. The predicted molar refractivity (Wildman–Crippen MR) is 74.3 cm³/mol. The van der Waals surface area contributed by atoms with Crippen molar-refractivity contribution in [2.75, 3.05) is 12.3 Å². The molecule has 0 spiro atoms. The van der Waals surface area contributed by atoms with Crippen LogP contribution < -0.4 is 5.73 Å². The first-order valence-corrected chi connectivity index (χ1v) is 6.67. The Kier molecular flexibility index (Phi) is 4.39. The van der Waals surface area contributed by atoms with Crippen molar-refractivity contribution in [2.45, 2.75) is 33.2 Å². The van der Waals surface area contributed by atoms with Crippen LogP contribution in [0.3, 0.4) is 0 Å². The van der Waals surface area contributed by atoms with Gasteiger partial charge in [0.2, 0.25) is 0 Å². The molecule has 7 heteroatoms. The first-order valence-electron chi connectivity index (χ1n) is 6.67. The topological polar surface area (TPSA) is 98.8 Å². The lowest BCUT2D eigenvalue weighted by Crippen LogP contribution is -2.12. The molecule has 0 aromatic carbocycles. The van der Waals surface area contributed by atoms with Gasteiger partial charge in [0, 0.05) is 31.8 Å². The van der Waals surface area contributed by atoms with Crippen molar-refractivity contribution in [1.82, 2.24) is 19.5 Å². The van der Waals surface area contributed by atoms with Crippen molar-refractivity contribution in [3.05, 3.63) is 29.7 Å². The molecule has 20 heavy (non-hydrogen) atoms. The first-order chi connectivity index (χ1) is 9.67. The lowest BCUT2D eigenvalue weighted by Gasteiger charge is -2.07. The van der Waals surface area contributed by atoms with E-state index in [9.17, 15) is 4.79 Å². The molecule has 0 fully saturated rings. The number of carbonyl (C=O) groups is 1. The Morgan fingerprint density at radius 3 is 2.90 bits per heavy atom. The highest BCUT2D eigenvalue weighted by Gasteiger charge is 2.20. The van der Waals surface area contributed by atoms with Gasteiger partial charge in [-0.3, -0.25) is 0 Å². The summed E-state index contributed by atoms with van der Waals surface area (Å²) in [5.74, 6) is 1.53. The van der Waals surface area contributed by atoms with Crippen LogP contribution >= 0.6 is 0 Å². The summed E-state index contributed by atoms with van der Waals surface area (Å²) in [5.41, 5.74) is 6.22. The van der Waals surface area contributed by atoms with E-state index in [0.717, 1.165) is 11.6 Å². The molecule has 0 unspecified atom stereocenters. The number of carbonyl (C=O) groups excluding carboxylic acids is 1. The monoisotopic (exact) mass is 277 g/mol. The van der Waals surface area contributed by atoms with Gasteiger partial charge in [0.15, 0.2) is 5.69 Å². The normalized spacial score (nSPS) is 10.7. The number of nitrogens with one attached hydrogen (secondary N) is 1. The lowest BCUT2D eigenvalue weighted by atomic mass is 10.3.